The van der Waals surface area contributed by atoms with Gasteiger partial charge in [-0.15, -0.1) is 5.10 Å². The van der Waals surface area contributed by atoms with Gasteiger partial charge in [-0.2, -0.15) is 0 Å². The standard InChI is InChI=1S/C16H13ClFN3S/c1-10(11-4-8-14(18)9-5-11)22-16-19-15(20-21-16)12-2-6-13(17)7-3-12/h2-10H,1H3,(H,19,20,21). The van der Waals surface area contributed by atoms with Gasteiger partial charge in [-0.1, -0.05) is 35.5 Å². The minimum Gasteiger partial charge on any atom is -0.258 e. The highest BCUT2D eigenvalue weighted by Crippen LogP contribution is 2.33. The van der Waals surface area contributed by atoms with E-state index < -0.39 is 0 Å². The molecule has 0 aliphatic carbocycles. The molecule has 0 aliphatic rings. The summed E-state index contributed by atoms with van der Waals surface area (Å²) in [7, 11) is 0. The van der Waals surface area contributed by atoms with Crippen LogP contribution < -0.4 is 0 Å². The summed E-state index contributed by atoms with van der Waals surface area (Å²) in [5, 5.41) is 8.61. The molecule has 0 saturated carbocycles. The first-order chi connectivity index (χ1) is 10.6. The molecule has 22 heavy (non-hydrogen) atoms. The second-order valence-corrected chi connectivity index (χ2v) is 6.53. The van der Waals surface area contributed by atoms with Crippen LogP contribution in [0.2, 0.25) is 5.02 Å². The van der Waals surface area contributed by atoms with Crippen molar-refractivity contribution in [1.82, 2.24) is 15.2 Å². The fourth-order valence-electron chi connectivity index (χ4n) is 2.00. The molecule has 0 amide bonds. The molecule has 6 heteroatoms. The maximum Gasteiger partial charge on any atom is 0.209 e. The number of hydrogen-bond acceptors (Lipinski definition) is 3. The van der Waals surface area contributed by atoms with E-state index in [2.05, 4.69) is 15.2 Å². The molecular weight excluding hydrogens is 321 g/mol. The Bertz CT molecular complexity index is 756. The molecule has 2 aromatic carbocycles. The van der Waals surface area contributed by atoms with Crippen LogP contribution in [0.5, 0.6) is 0 Å². The van der Waals surface area contributed by atoms with Crippen LogP contribution in [-0.2, 0) is 0 Å². The first kappa shape index (κ1) is 15.1. The summed E-state index contributed by atoms with van der Waals surface area (Å²) in [4.78, 5) is 4.47. The zero-order valence-corrected chi connectivity index (χ0v) is 13.3. The zero-order chi connectivity index (χ0) is 15.5. The Morgan fingerprint density at radius 1 is 1.09 bits per heavy atom. The van der Waals surface area contributed by atoms with Gasteiger partial charge in [0.15, 0.2) is 5.82 Å². The van der Waals surface area contributed by atoms with Gasteiger partial charge < -0.3 is 0 Å². The number of aromatic amines is 1. The van der Waals surface area contributed by atoms with Gasteiger partial charge in [0.25, 0.3) is 0 Å². The largest absolute Gasteiger partial charge is 0.258 e. The summed E-state index contributed by atoms with van der Waals surface area (Å²) in [6, 6.07) is 13.9. The molecule has 1 aromatic heterocycles. The summed E-state index contributed by atoms with van der Waals surface area (Å²) >= 11 is 7.39. The molecule has 3 rings (SSSR count). The molecule has 1 N–H and O–H groups in total. The van der Waals surface area contributed by atoms with Crippen molar-refractivity contribution in [2.75, 3.05) is 0 Å². The molecule has 1 heterocycles. The second kappa shape index (κ2) is 6.50. The minimum absolute atomic E-state index is 0.134. The monoisotopic (exact) mass is 333 g/mol. The van der Waals surface area contributed by atoms with E-state index in [1.165, 1.54) is 23.9 Å². The van der Waals surface area contributed by atoms with Crippen LogP contribution in [0.1, 0.15) is 17.7 Å². The van der Waals surface area contributed by atoms with Crippen molar-refractivity contribution in [2.24, 2.45) is 0 Å². The lowest BCUT2D eigenvalue weighted by Gasteiger charge is -2.08. The fraction of sp³-hybridized carbons (Fsp3) is 0.125. The van der Waals surface area contributed by atoms with Gasteiger partial charge in [-0.05, 0) is 48.9 Å². The van der Waals surface area contributed by atoms with Gasteiger partial charge >= 0.3 is 0 Å². The van der Waals surface area contributed by atoms with Crippen molar-refractivity contribution in [3.05, 3.63) is 64.9 Å². The van der Waals surface area contributed by atoms with E-state index >= 15 is 0 Å². The number of thioether (sulfide) groups is 1. The molecule has 3 aromatic rings. The van der Waals surface area contributed by atoms with E-state index in [9.17, 15) is 4.39 Å². The highest BCUT2D eigenvalue weighted by molar-refractivity contribution is 7.99. The van der Waals surface area contributed by atoms with Crippen molar-refractivity contribution in [3.8, 4) is 11.4 Å². The summed E-state index contributed by atoms with van der Waals surface area (Å²) in [6.07, 6.45) is 0. The Labute approximate surface area is 136 Å². The van der Waals surface area contributed by atoms with Crippen molar-refractivity contribution in [2.45, 2.75) is 17.3 Å². The lowest BCUT2D eigenvalue weighted by molar-refractivity contribution is 0.627. The molecule has 3 nitrogen and oxygen atoms in total. The van der Waals surface area contributed by atoms with Crippen LogP contribution in [0.25, 0.3) is 11.4 Å². The third-order valence-corrected chi connectivity index (χ3v) is 4.48. The van der Waals surface area contributed by atoms with Crippen molar-refractivity contribution < 1.29 is 4.39 Å². The smallest absolute Gasteiger partial charge is 0.209 e. The van der Waals surface area contributed by atoms with Gasteiger partial charge in [-0.3, -0.25) is 5.10 Å². The van der Waals surface area contributed by atoms with Crippen LogP contribution in [-0.4, -0.2) is 15.2 Å². The highest BCUT2D eigenvalue weighted by Gasteiger charge is 2.12. The zero-order valence-electron chi connectivity index (χ0n) is 11.8. The summed E-state index contributed by atoms with van der Waals surface area (Å²) in [5.41, 5.74) is 1.96. The first-order valence-corrected chi connectivity index (χ1v) is 7.98. The lowest BCUT2D eigenvalue weighted by atomic mass is 10.2. The number of rotatable bonds is 4. The number of benzene rings is 2. The van der Waals surface area contributed by atoms with Gasteiger partial charge in [0.05, 0.1) is 0 Å². The Hall–Kier alpha value is -1.85. The van der Waals surface area contributed by atoms with Crippen molar-refractivity contribution in [3.63, 3.8) is 0 Å². The molecular formula is C16H13ClFN3S. The van der Waals surface area contributed by atoms with E-state index in [0.717, 1.165) is 11.1 Å². The molecule has 0 radical (unpaired) electrons. The maximum atomic E-state index is 13.0. The summed E-state index contributed by atoms with van der Waals surface area (Å²) < 4.78 is 13.0. The quantitative estimate of drug-likeness (QED) is 0.674. The molecule has 0 spiro atoms. The third kappa shape index (κ3) is 3.48. The van der Waals surface area contributed by atoms with E-state index in [1.807, 2.05) is 31.2 Å². The Balaban J connectivity index is 1.73. The number of halogens is 2. The normalized spacial score (nSPS) is 12.3. The first-order valence-electron chi connectivity index (χ1n) is 6.72. The fourth-order valence-corrected chi connectivity index (χ4v) is 2.97. The average molecular weight is 334 g/mol. The molecule has 0 fully saturated rings. The molecule has 112 valence electrons. The topological polar surface area (TPSA) is 41.6 Å². The van der Waals surface area contributed by atoms with Crippen molar-refractivity contribution >= 4 is 23.4 Å². The average Bonchev–Trinajstić information content (AvgIpc) is 2.97. The Morgan fingerprint density at radius 2 is 1.77 bits per heavy atom. The maximum absolute atomic E-state index is 13.0. The number of H-pyrrole nitrogens is 1. The summed E-state index contributed by atoms with van der Waals surface area (Å²) in [5.74, 6) is 0.467. The van der Waals surface area contributed by atoms with E-state index in [-0.39, 0.29) is 11.1 Å². The molecule has 0 aliphatic heterocycles. The Morgan fingerprint density at radius 3 is 2.45 bits per heavy atom. The van der Waals surface area contributed by atoms with Crippen LogP contribution in [0.4, 0.5) is 4.39 Å². The molecule has 1 unspecified atom stereocenters. The van der Waals surface area contributed by atoms with Crippen molar-refractivity contribution in [1.29, 1.82) is 0 Å². The Kier molecular flexibility index (Phi) is 4.45. The van der Waals surface area contributed by atoms with E-state index in [0.29, 0.717) is 16.0 Å². The molecule has 0 bridgehead atoms. The van der Waals surface area contributed by atoms with Gasteiger partial charge in [-0.25, -0.2) is 9.37 Å². The van der Waals surface area contributed by atoms with E-state index in [4.69, 9.17) is 11.6 Å². The van der Waals surface area contributed by atoms with Gasteiger partial charge in [0, 0.05) is 15.8 Å². The molecule has 0 saturated heterocycles. The summed E-state index contributed by atoms with van der Waals surface area (Å²) in [6.45, 7) is 2.04. The number of nitrogens with one attached hydrogen (secondary N) is 1. The predicted molar refractivity (Wildman–Crippen MR) is 87.5 cm³/mol. The van der Waals surface area contributed by atoms with Crippen LogP contribution in [0.3, 0.4) is 0 Å². The van der Waals surface area contributed by atoms with Gasteiger partial charge in [0.1, 0.15) is 5.82 Å². The van der Waals surface area contributed by atoms with Crippen LogP contribution in [0.15, 0.2) is 53.7 Å². The van der Waals surface area contributed by atoms with Crippen LogP contribution >= 0.6 is 23.4 Å². The third-order valence-electron chi connectivity index (χ3n) is 3.20. The molecule has 1 atom stereocenters. The van der Waals surface area contributed by atoms with E-state index in [1.54, 1.807) is 12.1 Å². The number of aromatic nitrogens is 3. The van der Waals surface area contributed by atoms with Gasteiger partial charge in [0.2, 0.25) is 5.16 Å². The second-order valence-electron chi connectivity index (χ2n) is 4.79. The lowest BCUT2D eigenvalue weighted by Crippen LogP contribution is -1.89. The van der Waals surface area contributed by atoms with Crippen LogP contribution in [0, 0.1) is 5.82 Å². The number of nitrogens with zero attached hydrogens (tertiary/aromatic N) is 2. The minimum atomic E-state index is -0.233. The highest BCUT2D eigenvalue weighted by atomic mass is 35.5. The number of hydrogen-bond donors (Lipinski definition) is 1. The predicted octanol–water partition coefficient (Wildman–Crippen LogP) is 5.12. The SMILES string of the molecule is CC(Sc1n[nH]c(-c2ccc(Cl)cc2)n1)c1ccc(F)cc1.